The first-order chi connectivity index (χ1) is 9.54. The van der Waals surface area contributed by atoms with Crippen molar-refractivity contribution >= 4 is 33.5 Å². The lowest BCUT2D eigenvalue weighted by atomic mass is 10.2. The minimum absolute atomic E-state index is 0.179. The van der Waals surface area contributed by atoms with Crippen molar-refractivity contribution in [1.29, 1.82) is 0 Å². The molecule has 0 radical (unpaired) electrons. The maximum atomic E-state index is 11.9. The van der Waals surface area contributed by atoms with Gasteiger partial charge in [-0.15, -0.1) is 0 Å². The monoisotopic (exact) mass is 333 g/mol. The molecule has 0 saturated heterocycles. The van der Waals surface area contributed by atoms with Crippen molar-refractivity contribution in [2.75, 3.05) is 5.32 Å². The lowest BCUT2D eigenvalue weighted by Gasteiger charge is -2.07. The highest BCUT2D eigenvalue weighted by molar-refractivity contribution is 9.10. The van der Waals surface area contributed by atoms with Crippen LogP contribution in [0.1, 0.15) is 17.3 Å². The van der Waals surface area contributed by atoms with Crippen molar-refractivity contribution in [3.63, 3.8) is 0 Å². The van der Waals surface area contributed by atoms with Crippen LogP contribution in [0, 0.1) is 0 Å². The van der Waals surface area contributed by atoms with Crippen LogP contribution < -0.4 is 10.1 Å². The Morgan fingerprint density at radius 2 is 1.80 bits per heavy atom. The van der Waals surface area contributed by atoms with E-state index in [-0.39, 0.29) is 5.91 Å². The summed E-state index contributed by atoms with van der Waals surface area (Å²) < 4.78 is 6.15. The molecule has 2 rings (SSSR count). The third-order valence-corrected chi connectivity index (χ3v) is 2.97. The highest BCUT2D eigenvalue weighted by Crippen LogP contribution is 2.19. The number of anilines is 1. The van der Waals surface area contributed by atoms with Gasteiger partial charge < -0.3 is 10.1 Å². The second kappa shape index (κ2) is 6.34. The second-order valence-corrected chi connectivity index (χ2v) is 5.02. The number of hydrogen-bond donors (Lipinski definition) is 1. The lowest BCUT2D eigenvalue weighted by Crippen LogP contribution is -2.09. The molecule has 102 valence electrons. The van der Waals surface area contributed by atoms with Crippen LogP contribution in [0.2, 0.25) is 0 Å². The van der Waals surface area contributed by atoms with E-state index in [1.54, 1.807) is 48.5 Å². The molecule has 1 N–H and O–H groups in total. The third kappa shape index (κ3) is 3.93. The molecule has 0 bridgehead atoms. The standard InChI is InChI=1S/C15H12BrNO3/c1-10(18)17-13-3-2-4-14(9-13)20-15(19)11-5-7-12(16)8-6-11/h2-9H,1H3,(H,17,18). The van der Waals surface area contributed by atoms with Gasteiger partial charge in [-0.1, -0.05) is 22.0 Å². The van der Waals surface area contributed by atoms with Crippen LogP contribution >= 0.6 is 15.9 Å². The Kier molecular flexibility index (Phi) is 4.53. The van der Waals surface area contributed by atoms with Gasteiger partial charge in [-0.3, -0.25) is 4.79 Å². The summed E-state index contributed by atoms with van der Waals surface area (Å²) in [4.78, 5) is 22.9. The zero-order chi connectivity index (χ0) is 14.5. The number of amides is 1. The van der Waals surface area contributed by atoms with E-state index in [1.807, 2.05) is 0 Å². The Hall–Kier alpha value is -2.14. The number of ether oxygens (including phenoxy) is 1. The Labute approximate surface area is 124 Å². The number of carbonyl (C=O) groups is 2. The van der Waals surface area contributed by atoms with Crippen molar-refractivity contribution in [3.8, 4) is 5.75 Å². The molecule has 0 spiro atoms. The normalized spacial score (nSPS) is 9.90. The SMILES string of the molecule is CC(=O)Nc1cccc(OC(=O)c2ccc(Br)cc2)c1. The summed E-state index contributed by atoms with van der Waals surface area (Å²) in [5.74, 6) is -0.247. The molecule has 4 nitrogen and oxygen atoms in total. The molecule has 5 heteroatoms. The van der Waals surface area contributed by atoms with E-state index in [1.165, 1.54) is 6.92 Å². The van der Waals surface area contributed by atoms with Gasteiger partial charge in [-0.2, -0.15) is 0 Å². The van der Waals surface area contributed by atoms with Crippen LogP contribution in [0.15, 0.2) is 53.0 Å². The van der Waals surface area contributed by atoms with Crippen molar-refractivity contribution in [2.24, 2.45) is 0 Å². The first-order valence-electron chi connectivity index (χ1n) is 5.90. The number of rotatable bonds is 3. The summed E-state index contributed by atoms with van der Waals surface area (Å²) in [6.45, 7) is 1.42. The molecule has 20 heavy (non-hydrogen) atoms. The number of carbonyl (C=O) groups excluding carboxylic acids is 2. The first-order valence-corrected chi connectivity index (χ1v) is 6.69. The molecule has 1 amide bonds. The highest BCUT2D eigenvalue weighted by Gasteiger charge is 2.08. The fourth-order valence-corrected chi connectivity index (χ4v) is 1.86. The van der Waals surface area contributed by atoms with Crippen molar-refractivity contribution in [3.05, 3.63) is 58.6 Å². The van der Waals surface area contributed by atoms with E-state index in [0.29, 0.717) is 17.0 Å². The van der Waals surface area contributed by atoms with Gasteiger partial charge in [0.2, 0.25) is 5.91 Å². The maximum Gasteiger partial charge on any atom is 0.343 e. The number of halogens is 1. The molecule has 0 atom stereocenters. The molecule has 2 aromatic rings. The Bertz CT molecular complexity index is 638. The summed E-state index contributed by atoms with van der Waals surface area (Å²) in [7, 11) is 0. The topological polar surface area (TPSA) is 55.4 Å². The van der Waals surface area contributed by atoms with E-state index in [0.717, 1.165) is 4.47 Å². The summed E-state index contributed by atoms with van der Waals surface area (Å²) in [6, 6.07) is 13.6. The zero-order valence-electron chi connectivity index (χ0n) is 10.7. The van der Waals surface area contributed by atoms with Gasteiger partial charge in [0.05, 0.1) is 5.56 Å². The predicted molar refractivity (Wildman–Crippen MR) is 79.8 cm³/mol. The highest BCUT2D eigenvalue weighted by atomic mass is 79.9. The number of hydrogen-bond acceptors (Lipinski definition) is 3. The van der Waals surface area contributed by atoms with Crippen molar-refractivity contribution < 1.29 is 14.3 Å². The maximum absolute atomic E-state index is 11.9. The van der Waals surface area contributed by atoms with Crippen molar-refractivity contribution in [2.45, 2.75) is 6.92 Å². The molecule has 0 aliphatic heterocycles. The van der Waals surface area contributed by atoms with Crippen LogP contribution in [-0.2, 0) is 4.79 Å². The van der Waals surface area contributed by atoms with E-state index in [9.17, 15) is 9.59 Å². The molecule has 0 aromatic heterocycles. The zero-order valence-corrected chi connectivity index (χ0v) is 12.3. The quantitative estimate of drug-likeness (QED) is 0.689. The molecule has 0 aliphatic carbocycles. The lowest BCUT2D eigenvalue weighted by molar-refractivity contribution is -0.114. The summed E-state index contributed by atoms with van der Waals surface area (Å²) >= 11 is 3.30. The van der Waals surface area contributed by atoms with E-state index in [2.05, 4.69) is 21.2 Å². The minimum atomic E-state index is -0.447. The van der Waals surface area contributed by atoms with Gasteiger partial charge in [0.25, 0.3) is 0 Å². The molecule has 2 aromatic carbocycles. The fraction of sp³-hybridized carbons (Fsp3) is 0.0667. The fourth-order valence-electron chi connectivity index (χ4n) is 1.59. The van der Waals surface area contributed by atoms with Crippen LogP contribution in [0.25, 0.3) is 0 Å². The van der Waals surface area contributed by atoms with Gasteiger partial charge in [-0.05, 0) is 36.4 Å². The molecule has 0 aliphatic rings. The van der Waals surface area contributed by atoms with Gasteiger partial charge in [0.1, 0.15) is 5.75 Å². The average molecular weight is 334 g/mol. The largest absolute Gasteiger partial charge is 0.423 e. The van der Waals surface area contributed by atoms with E-state index in [4.69, 9.17) is 4.74 Å². The molecular formula is C15H12BrNO3. The smallest absolute Gasteiger partial charge is 0.343 e. The van der Waals surface area contributed by atoms with Crippen molar-refractivity contribution in [1.82, 2.24) is 0 Å². The van der Waals surface area contributed by atoms with Gasteiger partial charge >= 0.3 is 5.97 Å². The Balaban J connectivity index is 2.11. The van der Waals surface area contributed by atoms with Gasteiger partial charge in [0, 0.05) is 23.2 Å². The minimum Gasteiger partial charge on any atom is -0.423 e. The van der Waals surface area contributed by atoms with Crippen LogP contribution in [-0.4, -0.2) is 11.9 Å². The molecule has 0 fully saturated rings. The average Bonchev–Trinajstić information content (AvgIpc) is 2.39. The summed E-state index contributed by atoms with van der Waals surface area (Å²) in [6.07, 6.45) is 0. The van der Waals surface area contributed by atoms with Crippen LogP contribution in [0.5, 0.6) is 5.75 Å². The first kappa shape index (κ1) is 14.3. The van der Waals surface area contributed by atoms with E-state index < -0.39 is 5.97 Å². The predicted octanol–water partition coefficient (Wildman–Crippen LogP) is 3.63. The second-order valence-electron chi connectivity index (χ2n) is 4.11. The van der Waals surface area contributed by atoms with Crippen LogP contribution in [0.3, 0.4) is 0 Å². The van der Waals surface area contributed by atoms with Gasteiger partial charge in [0.15, 0.2) is 0 Å². The van der Waals surface area contributed by atoms with E-state index >= 15 is 0 Å². The summed E-state index contributed by atoms with van der Waals surface area (Å²) in [5.41, 5.74) is 1.04. The van der Waals surface area contributed by atoms with Gasteiger partial charge in [-0.25, -0.2) is 4.79 Å². The third-order valence-electron chi connectivity index (χ3n) is 2.44. The number of esters is 1. The van der Waals surface area contributed by atoms with Crippen LogP contribution in [0.4, 0.5) is 5.69 Å². The Morgan fingerprint density at radius 1 is 1.10 bits per heavy atom. The molecule has 0 heterocycles. The molecule has 0 unspecified atom stereocenters. The molecular weight excluding hydrogens is 322 g/mol. The molecule has 0 saturated carbocycles. The summed E-state index contributed by atoms with van der Waals surface area (Å²) in [5, 5.41) is 2.63. The number of benzene rings is 2. The number of nitrogens with one attached hydrogen (secondary N) is 1. The Morgan fingerprint density at radius 3 is 2.45 bits per heavy atom.